The molecule has 43 heavy (non-hydrogen) atoms. The Morgan fingerprint density at radius 1 is 0.860 bits per heavy atom. The molecule has 0 amide bonds. The molecule has 1 saturated carbocycles. The highest BCUT2D eigenvalue weighted by atomic mass is 16.5. The molecule has 8 rings (SSSR count). The van der Waals surface area contributed by atoms with Gasteiger partial charge in [0.1, 0.15) is 23.9 Å². The summed E-state index contributed by atoms with van der Waals surface area (Å²) >= 11 is 0. The van der Waals surface area contributed by atoms with Crippen LogP contribution in [-0.4, -0.2) is 28.1 Å². The Morgan fingerprint density at radius 3 is 2.44 bits per heavy atom. The average Bonchev–Trinajstić information content (AvgIpc) is 3.74. The topological polar surface area (TPSA) is 48.6 Å². The van der Waals surface area contributed by atoms with Crippen molar-refractivity contribution in [3.05, 3.63) is 93.7 Å². The van der Waals surface area contributed by atoms with Gasteiger partial charge in [0.25, 0.3) is 0 Å². The second kappa shape index (κ2) is 9.44. The number of pyridine rings is 1. The number of rotatable bonds is 4. The van der Waals surface area contributed by atoms with Gasteiger partial charge in [0.15, 0.2) is 0 Å². The van der Waals surface area contributed by atoms with Crippen molar-refractivity contribution in [3.8, 4) is 17.3 Å². The van der Waals surface area contributed by atoms with Crippen molar-refractivity contribution < 1.29 is 9.47 Å². The number of aryl methyl sites for hydroxylation is 4. The highest BCUT2D eigenvalue weighted by Crippen LogP contribution is 2.48. The van der Waals surface area contributed by atoms with Gasteiger partial charge in [0.05, 0.1) is 17.1 Å². The van der Waals surface area contributed by atoms with Gasteiger partial charge in [-0.25, -0.2) is 9.98 Å². The fourth-order valence-electron chi connectivity index (χ4n) is 7.85. The van der Waals surface area contributed by atoms with E-state index in [1.807, 2.05) is 6.20 Å². The minimum atomic E-state index is -0.149. The van der Waals surface area contributed by atoms with Crippen LogP contribution in [0.5, 0.6) is 11.5 Å². The Morgan fingerprint density at radius 2 is 1.63 bits per heavy atom. The highest BCUT2D eigenvalue weighted by molar-refractivity contribution is 6.12. The third-order valence-corrected chi connectivity index (χ3v) is 10.2. The van der Waals surface area contributed by atoms with Crippen molar-refractivity contribution in [1.82, 2.24) is 9.55 Å². The van der Waals surface area contributed by atoms with Gasteiger partial charge in [-0.2, -0.15) is 0 Å². The molecule has 4 heterocycles. The van der Waals surface area contributed by atoms with Crippen LogP contribution in [0.2, 0.25) is 0 Å². The van der Waals surface area contributed by atoms with Gasteiger partial charge < -0.3 is 9.47 Å². The molecule has 0 saturated heterocycles. The smallest absolute Gasteiger partial charge is 0.216 e. The SMILES string of the molecule is Cc1cc2c3c(c1)c1cc(C)c(Oc4cc(C5=N[C@H](C6CCCC6)CO5)c(C)cc4C)cc1n3-c1ncccc1C2(C)C. The van der Waals surface area contributed by atoms with Gasteiger partial charge in [-0.1, -0.05) is 50.5 Å². The molecule has 0 radical (unpaired) electrons. The molecule has 5 heteroatoms. The predicted octanol–water partition coefficient (Wildman–Crippen LogP) is 9.18. The summed E-state index contributed by atoms with van der Waals surface area (Å²) < 4.78 is 15.3. The predicted molar refractivity (Wildman–Crippen MR) is 174 cm³/mol. The van der Waals surface area contributed by atoms with Crippen molar-refractivity contribution in [2.24, 2.45) is 10.9 Å². The second-order valence-electron chi connectivity index (χ2n) is 13.6. The Labute approximate surface area is 253 Å². The number of aromatic nitrogens is 2. The third-order valence-electron chi connectivity index (χ3n) is 10.2. The summed E-state index contributed by atoms with van der Waals surface area (Å²) in [5.41, 5.74) is 10.5. The van der Waals surface area contributed by atoms with E-state index in [9.17, 15) is 0 Å². The first kappa shape index (κ1) is 26.5. The number of nitrogens with zero attached hydrogens (tertiary/aromatic N) is 3. The molecular weight excluding hydrogens is 530 g/mol. The van der Waals surface area contributed by atoms with Gasteiger partial charge in [0, 0.05) is 39.6 Å². The molecule has 0 N–H and O–H groups in total. The summed E-state index contributed by atoms with van der Waals surface area (Å²) in [6.45, 7) is 13.9. The number of fused-ring (bicyclic) bond motifs is 5. The average molecular weight is 570 g/mol. The van der Waals surface area contributed by atoms with Crippen LogP contribution >= 0.6 is 0 Å². The standard InChI is InChI=1S/C38H39N3O2/c1-21-14-28-27-17-24(4)34(19-32(27)41-35(28)30(15-21)38(5,6)29-12-9-13-39-36(29)41)43-33-18-26(22(2)16-23(33)3)37-40-31(20-42-37)25-10-7-8-11-25/h9,12-19,25,31H,7-8,10-11,20H2,1-6H3/t31-/m0/s1. The van der Waals surface area contributed by atoms with E-state index in [-0.39, 0.29) is 11.5 Å². The molecule has 3 aliphatic rings. The lowest BCUT2D eigenvalue weighted by Gasteiger charge is -2.34. The molecular formula is C38H39N3O2. The fraction of sp³-hybridized carbons (Fsp3) is 0.368. The Hall–Kier alpha value is -4.12. The van der Waals surface area contributed by atoms with Crippen molar-refractivity contribution in [1.29, 1.82) is 0 Å². The van der Waals surface area contributed by atoms with Gasteiger partial charge >= 0.3 is 0 Å². The molecule has 0 unspecified atom stereocenters. The molecule has 1 atom stereocenters. The summed E-state index contributed by atoms with van der Waals surface area (Å²) in [7, 11) is 0. The maximum absolute atomic E-state index is 6.78. The van der Waals surface area contributed by atoms with Crippen molar-refractivity contribution in [3.63, 3.8) is 0 Å². The lowest BCUT2D eigenvalue weighted by Crippen LogP contribution is -2.27. The van der Waals surface area contributed by atoms with Crippen LogP contribution in [0.3, 0.4) is 0 Å². The van der Waals surface area contributed by atoms with E-state index >= 15 is 0 Å². The minimum absolute atomic E-state index is 0.149. The zero-order valence-electron chi connectivity index (χ0n) is 26.0. The molecule has 5 aromatic rings. The first-order chi connectivity index (χ1) is 20.7. The summed E-state index contributed by atoms with van der Waals surface area (Å²) in [6.07, 6.45) is 7.07. The molecule has 2 aromatic heterocycles. The van der Waals surface area contributed by atoms with Gasteiger partial charge in [0.2, 0.25) is 5.90 Å². The first-order valence-electron chi connectivity index (χ1n) is 15.8. The van der Waals surface area contributed by atoms with E-state index in [1.165, 1.54) is 64.2 Å². The number of hydrogen-bond donors (Lipinski definition) is 0. The maximum Gasteiger partial charge on any atom is 0.216 e. The van der Waals surface area contributed by atoms with E-state index in [0.717, 1.165) is 45.4 Å². The normalized spacial score (nSPS) is 19.1. The summed E-state index contributed by atoms with van der Waals surface area (Å²) in [5.74, 6) is 4.11. The Bertz CT molecular complexity index is 1990. The van der Waals surface area contributed by atoms with Gasteiger partial charge in [-0.3, -0.25) is 4.57 Å². The first-order valence-corrected chi connectivity index (χ1v) is 15.8. The molecule has 1 aliphatic carbocycles. The molecule has 5 nitrogen and oxygen atoms in total. The molecule has 2 aliphatic heterocycles. The van der Waals surface area contributed by atoms with Crippen molar-refractivity contribution in [2.75, 3.05) is 6.61 Å². The number of hydrogen-bond acceptors (Lipinski definition) is 4. The van der Waals surface area contributed by atoms with Crippen LogP contribution in [0, 0.1) is 33.6 Å². The van der Waals surface area contributed by atoms with Crippen LogP contribution < -0.4 is 4.74 Å². The lowest BCUT2D eigenvalue weighted by molar-refractivity contribution is 0.279. The van der Waals surface area contributed by atoms with Crippen molar-refractivity contribution >= 4 is 27.7 Å². The summed E-state index contributed by atoms with van der Waals surface area (Å²) in [5, 5.41) is 2.50. The van der Waals surface area contributed by atoms with E-state index in [2.05, 4.69) is 94.6 Å². The number of aliphatic imine (C=N–C) groups is 1. The lowest BCUT2D eigenvalue weighted by atomic mass is 9.75. The quantitative estimate of drug-likeness (QED) is 0.217. The molecule has 1 fully saturated rings. The van der Waals surface area contributed by atoms with E-state index in [1.54, 1.807) is 0 Å². The van der Waals surface area contributed by atoms with E-state index < -0.39 is 0 Å². The van der Waals surface area contributed by atoms with E-state index in [0.29, 0.717) is 12.5 Å². The zero-order valence-corrected chi connectivity index (χ0v) is 26.0. The zero-order chi connectivity index (χ0) is 29.6. The second-order valence-corrected chi connectivity index (χ2v) is 13.6. The van der Waals surface area contributed by atoms with Crippen LogP contribution in [0.25, 0.3) is 27.6 Å². The Balaban J connectivity index is 1.26. The minimum Gasteiger partial charge on any atom is -0.475 e. The number of benzene rings is 3. The molecule has 3 aromatic carbocycles. The van der Waals surface area contributed by atoms with Crippen LogP contribution in [0.15, 0.2) is 59.7 Å². The monoisotopic (exact) mass is 569 g/mol. The van der Waals surface area contributed by atoms with Crippen molar-refractivity contribution in [2.45, 2.75) is 78.7 Å². The highest BCUT2D eigenvalue weighted by Gasteiger charge is 2.36. The van der Waals surface area contributed by atoms with Crippen LogP contribution in [0.4, 0.5) is 0 Å². The van der Waals surface area contributed by atoms with Gasteiger partial charge in [-0.15, -0.1) is 0 Å². The maximum atomic E-state index is 6.78. The molecule has 218 valence electrons. The molecule has 0 spiro atoms. The summed E-state index contributed by atoms with van der Waals surface area (Å²) in [6, 6.07) is 18.0. The fourth-order valence-corrected chi connectivity index (χ4v) is 7.85. The summed E-state index contributed by atoms with van der Waals surface area (Å²) in [4.78, 5) is 10.00. The van der Waals surface area contributed by atoms with E-state index in [4.69, 9.17) is 19.5 Å². The largest absolute Gasteiger partial charge is 0.475 e. The van der Waals surface area contributed by atoms with Crippen LogP contribution in [0.1, 0.15) is 78.5 Å². The third kappa shape index (κ3) is 3.97. The number of ether oxygens (including phenoxy) is 2. The Kier molecular flexibility index (Phi) is 5.82. The van der Waals surface area contributed by atoms with Crippen LogP contribution in [-0.2, 0) is 10.2 Å². The van der Waals surface area contributed by atoms with Gasteiger partial charge in [-0.05, 0) is 93.0 Å². The molecule has 0 bridgehead atoms.